The van der Waals surface area contributed by atoms with Crippen LogP contribution in [0.4, 0.5) is 4.79 Å². The van der Waals surface area contributed by atoms with Crippen molar-refractivity contribution in [1.82, 2.24) is 4.90 Å². The Bertz CT molecular complexity index is 319. The number of hydrogen-bond donors (Lipinski definition) is 0. The normalized spacial score (nSPS) is 16.9. The molecular weight excluding hydrogens is 230 g/mol. The third-order valence-corrected chi connectivity index (χ3v) is 3.72. The SMILES string of the molecule is COC(=O)N(C#C[Si](C)(C)C)C1CCCCC1. The predicted octanol–water partition coefficient (Wildman–Crippen LogP) is 3.23. The van der Waals surface area contributed by atoms with Crippen LogP contribution in [0.1, 0.15) is 32.1 Å². The summed E-state index contributed by atoms with van der Waals surface area (Å²) in [6, 6.07) is 3.30. The fourth-order valence-electron chi connectivity index (χ4n) is 1.95. The predicted molar refractivity (Wildman–Crippen MR) is 72.2 cm³/mol. The Morgan fingerprint density at radius 1 is 1.24 bits per heavy atom. The smallest absolute Gasteiger partial charge is 0.421 e. The number of carbonyl (C=O) groups is 1. The second kappa shape index (κ2) is 6.11. The van der Waals surface area contributed by atoms with Crippen LogP contribution >= 0.6 is 0 Å². The summed E-state index contributed by atoms with van der Waals surface area (Å²) in [6.07, 6.45) is 5.44. The largest absolute Gasteiger partial charge is 0.452 e. The van der Waals surface area contributed by atoms with Crippen LogP contribution in [0.5, 0.6) is 0 Å². The zero-order valence-electron chi connectivity index (χ0n) is 11.4. The van der Waals surface area contributed by atoms with Gasteiger partial charge in [-0.25, -0.2) is 9.69 Å². The highest BCUT2D eigenvalue weighted by molar-refractivity contribution is 6.83. The van der Waals surface area contributed by atoms with E-state index in [9.17, 15) is 4.79 Å². The van der Waals surface area contributed by atoms with Crippen LogP contribution in [0.15, 0.2) is 0 Å². The van der Waals surface area contributed by atoms with Gasteiger partial charge in [0.25, 0.3) is 0 Å². The number of hydrogen-bond acceptors (Lipinski definition) is 2. The van der Waals surface area contributed by atoms with Gasteiger partial charge in [-0.3, -0.25) is 0 Å². The van der Waals surface area contributed by atoms with E-state index in [0.29, 0.717) is 0 Å². The van der Waals surface area contributed by atoms with E-state index in [1.54, 1.807) is 4.90 Å². The van der Waals surface area contributed by atoms with Crippen molar-refractivity contribution in [2.24, 2.45) is 0 Å². The van der Waals surface area contributed by atoms with Crippen molar-refractivity contribution in [2.45, 2.75) is 57.8 Å². The number of rotatable bonds is 1. The average molecular weight is 253 g/mol. The van der Waals surface area contributed by atoms with Gasteiger partial charge >= 0.3 is 6.09 Å². The highest BCUT2D eigenvalue weighted by Crippen LogP contribution is 2.22. The first-order valence-corrected chi connectivity index (χ1v) is 9.84. The van der Waals surface area contributed by atoms with Crippen LogP contribution in [0.3, 0.4) is 0 Å². The van der Waals surface area contributed by atoms with Gasteiger partial charge in [0.1, 0.15) is 8.07 Å². The lowest BCUT2D eigenvalue weighted by Gasteiger charge is -2.29. The molecule has 1 fully saturated rings. The van der Waals surface area contributed by atoms with Crippen LogP contribution in [0.25, 0.3) is 0 Å². The van der Waals surface area contributed by atoms with E-state index in [4.69, 9.17) is 4.74 Å². The number of ether oxygens (including phenoxy) is 1. The first kappa shape index (κ1) is 14.1. The van der Waals surface area contributed by atoms with Crippen molar-refractivity contribution in [3.8, 4) is 11.6 Å². The van der Waals surface area contributed by atoms with Gasteiger partial charge in [0.15, 0.2) is 0 Å². The van der Waals surface area contributed by atoms with Crippen molar-refractivity contribution < 1.29 is 9.53 Å². The zero-order valence-corrected chi connectivity index (χ0v) is 12.4. The third kappa shape index (κ3) is 4.82. The summed E-state index contributed by atoms with van der Waals surface area (Å²) in [5, 5.41) is 0. The van der Waals surface area contributed by atoms with E-state index in [2.05, 4.69) is 31.2 Å². The first-order valence-electron chi connectivity index (χ1n) is 6.34. The first-order chi connectivity index (χ1) is 7.94. The topological polar surface area (TPSA) is 29.5 Å². The van der Waals surface area contributed by atoms with Crippen LogP contribution in [-0.4, -0.2) is 32.2 Å². The Hall–Kier alpha value is -0.953. The van der Waals surface area contributed by atoms with Crippen LogP contribution in [0.2, 0.25) is 19.6 Å². The molecule has 1 amide bonds. The lowest BCUT2D eigenvalue weighted by molar-refractivity contribution is 0.122. The van der Waals surface area contributed by atoms with E-state index in [-0.39, 0.29) is 12.1 Å². The highest BCUT2D eigenvalue weighted by Gasteiger charge is 2.25. The molecule has 0 aliphatic heterocycles. The molecule has 1 rings (SSSR count). The zero-order chi connectivity index (χ0) is 12.9. The quantitative estimate of drug-likeness (QED) is 0.408. The molecule has 1 aliphatic rings. The van der Waals surface area contributed by atoms with Crippen LogP contribution < -0.4 is 0 Å². The maximum Gasteiger partial charge on any atom is 0.421 e. The minimum Gasteiger partial charge on any atom is -0.452 e. The standard InChI is InChI=1S/C13H23NO2Si/c1-16-13(15)14(10-11-17(2,3)4)12-8-6-5-7-9-12/h12H,5-9H2,1-4H3. The molecule has 3 nitrogen and oxygen atoms in total. The lowest BCUT2D eigenvalue weighted by atomic mass is 9.95. The molecule has 0 aromatic rings. The molecule has 0 atom stereocenters. The van der Waals surface area contributed by atoms with Gasteiger partial charge in [-0.2, -0.15) is 0 Å². The third-order valence-electron chi connectivity index (χ3n) is 2.86. The van der Waals surface area contributed by atoms with Crippen molar-refractivity contribution in [1.29, 1.82) is 0 Å². The van der Waals surface area contributed by atoms with Crippen molar-refractivity contribution >= 4 is 14.2 Å². The second-order valence-corrected chi connectivity index (χ2v) is 10.4. The summed E-state index contributed by atoms with van der Waals surface area (Å²) in [5.41, 5.74) is 3.25. The van der Waals surface area contributed by atoms with E-state index in [1.165, 1.54) is 26.4 Å². The molecular formula is C13H23NO2Si. The molecule has 96 valence electrons. The molecule has 0 spiro atoms. The Kier molecular flexibility index (Phi) is 5.07. The fraction of sp³-hybridized carbons (Fsp3) is 0.769. The molecule has 0 N–H and O–H groups in total. The molecule has 17 heavy (non-hydrogen) atoms. The maximum absolute atomic E-state index is 11.7. The number of carbonyl (C=O) groups excluding carboxylic acids is 1. The highest BCUT2D eigenvalue weighted by atomic mass is 28.3. The summed E-state index contributed by atoms with van der Waals surface area (Å²) in [5.74, 6) is 0. The van der Waals surface area contributed by atoms with Gasteiger partial charge in [-0.05, 0) is 12.8 Å². The van der Waals surface area contributed by atoms with Crippen molar-refractivity contribution in [2.75, 3.05) is 7.11 Å². The molecule has 0 unspecified atom stereocenters. The van der Waals surface area contributed by atoms with Gasteiger partial charge in [0.2, 0.25) is 0 Å². The summed E-state index contributed by atoms with van der Waals surface area (Å²) in [4.78, 5) is 13.4. The van der Waals surface area contributed by atoms with Crippen molar-refractivity contribution in [3.05, 3.63) is 0 Å². The summed E-state index contributed by atoms with van der Waals surface area (Å²) in [7, 11) is -0.0278. The van der Waals surface area contributed by atoms with Crippen molar-refractivity contribution in [3.63, 3.8) is 0 Å². The molecule has 0 aromatic carbocycles. The summed E-state index contributed by atoms with van der Waals surface area (Å²) >= 11 is 0. The minimum absolute atomic E-state index is 0.250. The molecule has 0 radical (unpaired) electrons. The Morgan fingerprint density at radius 2 is 1.82 bits per heavy atom. The van der Waals surface area contributed by atoms with Gasteiger partial charge in [0.05, 0.1) is 7.11 Å². The van der Waals surface area contributed by atoms with E-state index in [1.807, 2.05) is 0 Å². The maximum atomic E-state index is 11.7. The minimum atomic E-state index is -1.45. The Balaban J connectivity index is 2.78. The fourth-order valence-corrected chi connectivity index (χ4v) is 2.41. The molecule has 1 saturated carbocycles. The number of nitrogens with zero attached hydrogens (tertiary/aromatic N) is 1. The lowest BCUT2D eigenvalue weighted by Crippen LogP contribution is -2.38. The summed E-state index contributed by atoms with van der Waals surface area (Å²) < 4.78 is 4.83. The Labute approximate surface area is 106 Å². The van der Waals surface area contributed by atoms with Gasteiger partial charge in [-0.1, -0.05) is 38.9 Å². The Morgan fingerprint density at radius 3 is 2.29 bits per heavy atom. The second-order valence-electron chi connectivity index (χ2n) is 5.62. The van der Waals surface area contributed by atoms with E-state index < -0.39 is 8.07 Å². The molecule has 0 saturated heterocycles. The average Bonchev–Trinajstić information content (AvgIpc) is 2.29. The monoisotopic (exact) mass is 253 g/mol. The van der Waals surface area contributed by atoms with Crippen LogP contribution in [0, 0.1) is 11.6 Å². The molecule has 0 bridgehead atoms. The van der Waals surface area contributed by atoms with Gasteiger partial charge in [0, 0.05) is 12.1 Å². The number of methoxy groups -OCH3 is 1. The molecule has 4 heteroatoms. The summed E-state index contributed by atoms with van der Waals surface area (Å²) in [6.45, 7) is 6.53. The van der Waals surface area contributed by atoms with Gasteiger partial charge in [-0.15, -0.1) is 5.54 Å². The van der Waals surface area contributed by atoms with E-state index >= 15 is 0 Å². The molecule has 1 aliphatic carbocycles. The number of amides is 1. The van der Waals surface area contributed by atoms with Crippen LogP contribution in [-0.2, 0) is 4.74 Å². The molecule has 0 heterocycles. The van der Waals surface area contributed by atoms with E-state index in [0.717, 1.165) is 12.8 Å². The van der Waals surface area contributed by atoms with Gasteiger partial charge < -0.3 is 4.74 Å². The molecule has 0 aromatic heterocycles.